The Morgan fingerprint density at radius 3 is 2.36 bits per heavy atom. The monoisotopic (exact) mass is 169 g/mol. The molecule has 0 aliphatic carbocycles. The highest BCUT2D eigenvalue weighted by atomic mass is 35.5. The van der Waals surface area contributed by atoms with Crippen LogP contribution in [-0.4, -0.2) is 6.54 Å². The lowest BCUT2D eigenvalue weighted by atomic mass is 10.2. The van der Waals surface area contributed by atoms with Crippen molar-refractivity contribution < 1.29 is 0 Å². The lowest BCUT2D eigenvalue weighted by Crippen LogP contribution is -1.95. The van der Waals surface area contributed by atoms with Gasteiger partial charge in [0.05, 0.1) is 0 Å². The molecule has 0 bridgehead atoms. The van der Waals surface area contributed by atoms with E-state index in [2.05, 4.69) is 12.2 Å². The van der Waals surface area contributed by atoms with E-state index in [-0.39, 0.29) is 0 Å². The third-order valence-electron chi connectivity index (χ3n) is 1.49. The summed E-state index contributed by atoms with van der Waals surface area (Å²) in [6, 6.07) is 8.15. The Morgan fingerprint density at radius 1 is 1.27 bits per heavy atom. The Labute approximate surface area is 72.4 Å². The summed E-state index contributed by atoms with van der Waals surface area (Å²) in [5, 5.41) is 3.22. The maximum absolute atomic E-state index is 5.64. The van der Waals surface area contributed by atoms with Crippen LogP contribution in [0, 0.1) is 0 Å². The van der Waals surface area contributed by atoms with E-state index in [9.17, 15) is 0 Å². The van der Waals surface area contributed by atoms with Gasteiger partial charge in [0.15, 0.2) is 0 Å². The molecular formula is C9H12ClN. The van der Waals surface area contributed by atoms with Crippen LogP contribution in [0.5, 0.6) is 0 Å². The highest BCUT2D eigenvalue weighted by molar-refractivity contribution is 6.17. The van der Waals surface area contributed by atoms with Crippen molar-refractivity contribution >= 4 is 17.3 Å². The minimum Gasteiger partial charge on any atom is -0.385 e. The molecule has 0 aliphatic rings. The van der Waals surface area contributed by atoms with Gasteiger partial charge in [-0.2, -0.15) is 0 Å². The van der Waals surface area contributed by atoms with Gasteiger partial charge in [-0.1, -0.05) is 12.1 Å². The van der Waals surface area contributed by atoms with Crippen LogP contribution in [0.2, 0.25) is 0 Å². The molecule has 1 aromatic carbocycles. The van der Waals surface area contributed by atoms with Crippen molar-refractivity contribution in [2.24, 2.45) is 0 Å². The summed E-state index contributed by atoms with van der Waals surface area (Å²) in [7, 11) is 0. The molecule has 2 heteroatoms. The van der Waals surface area contributed by atoms with E-state index in [0.717, 1.165) is 17.8 Å². The molecule has 11 heavy (non-hydrogen) atoms. The molecule has 0 saturated carbocycles. The van der Waals surface area contributed by atoms with Crippen molar-refractivity contribution in [2.75, 3.05) is 11.9 Å². The quantitative estimate of drug-likeness (QED) is 0.687. The Kier molecular flexibility index (Phi) is 3.24. The molecule has 0 aromatic heterocycles. The maximum Gasteiger partial charge on any atom is 0.0474 e. The number of benzene rings is 1. The van der Waals surface area contributed by atoms with Crippen molar-refractivity contribution in [3.8, 4) is 0 Å². The number of nitrogens with one attached hydrogen (secondary N) is 1. The Morgan fingerprint density at radius 2 is 1.91 bits per heavy atom. The zero-order valence-corrected chi connectivity index (χ0v) is 7.36. The molecule has 1 N–H and O–H groups in total. The third-order valence-corrected chi connectivity index (χ3v) is 1.80. The minimum absolute atomic E-state index is 0.590. The maximum atomic E-state index is 5.64. The van der Waals surface area contributed by atoms with Crippen LogP contribution in [0.1, 0.15) is 12.5 Å². The molecule has 1 rings (SSSR count). The minimum atomic E-state index is 0.590. The second kappa shape index (κ2) is 4.24. The van der Waals surface area contributed by atoms with E-state index in [4.69, 9.17) is 11.6 Å². The van der Waals surface area contributed by atoms with Crippen molar-refractivity contribution in [3.05, 3.63) is 29.8 Å². The molecule has 1 aromatic rings. The van der Waals surface area contributed by atoms with E-state index in [1.54, 1.807) is 0 Å². The van der Waals surface area contributed by atoms with Gasteiger partial charge < -0.3 is 5.32 Å². The number of anilines is 1. The van der Waals surface area contributed by atoms with Crippen LogP contribution >= 0.6 is 11.6 Å². The van der Waals surface area contributed by atoms with E-state index >= 15 is 0 Å². The fraction of sp³-hybridized carbons (Fsp3) is 0.333. The highest BCUT2D eigenvalue weighted by Crippen LogP contribution is 2.10. The molecule has 0 unspecified atom stereocenters. The first-order chi connectivity index (χ1) is 5.36. The lowest BCUT2D eigenvalue weighted by molar-refractivity contribution is 1.21. The predicted molar refractivity (Wildman–Crippen MR) is 50.2 cm³/mol. The summed E-state index contributed by atoms with van der Waals surface area (Å²) in [6.07, 6.45) is 0. The number of hydrogen-bond donors (Lipinski definition) is 1. The number of alkyl halides is 1. The summed E-state index contributed by atoms with van der Waals surface area (Å²) >= 11 is 5.64. The first-order valence-electron chi connectivity index (χ1n) is 3.75. The van der Waals surface area contributed by atoms with Crippen LogP contribution in [0.4, 0.5) is 5.69 Å². The van der Waals surface area contributed by atoms with E-state index in [1.807, 2.05) is 24.3 Å². The molecule has 1 nitrogen and oxygen atoms in total. The standard InChI is InChI=1S/C9H12ClN/c1-2-11-9-5-3-8(7-10)4-6-9/h3-6,11H,2,7H2,1H3. The molecular weight excluding hydrogens is 158 g/mol. The van der Waals surface area contributed by atoms with Crippen molar-refractivity contribution in [2.45, 2.75) is 12.8 Å². The highest BCUT2D eigenvalue weighted by Gasteiger charge is 1.90. The van der Waals surface area contributed by atoms with Gasteiger partial charge in [0.1, 0.15) is 0 Å². The zero-order chi connectivity index (χ0) is 8.10. The van der Waals surface area contributed by atoms with E-state index in [1.165, 1.54) is 0 Å². The lowest BCUT2D eigenvalue weighted by Gasteiger charge is -2.02. The van der Waals surface area contributed by atoms with Crippen molar-refractivity contribution in [1.29, 1.82) is 0 Å². The average Bonchev–Trinajstić information content (AvgIpc) is 2.07. The fourth-order valence-electron chi connectivity index (χ4n) is 0.916. The fourth-order valence-corrected chi connectivity index (χ4v) is 1.09. The van der Waals surface area contributed by atoms with Gasteiger partial charge in [0.25, 0.3) is 0 Å². The molecule has 0 amide bonds. The SMILES string of the molecule is CCNc1ccc(CCl)cc1. The van der Waals surface area contributed by atoms with Crippen molar-refractivity contribution in [1.82, 2.24) is 0 Å². The second-order valence-corrected chi connectivity index (χ2v) is 2.63. The van der Waals surface area contributed by atoms with Crippen LogP contribution in [0.3, 0.4) is 0 Å². The number of halogens is 1. The molecule has 0 spiro atoms. The first kappa shape index (κ1) is 8.41. The largest absolute Gasteiger partial charge is 0.385 e. The molecule has 0 radical (unpaired) electrons. The van der Waals surface area contributed by atoms with Gasteiger partial charge in [0, 0.05) is 18.1 Å². The zero-order valence-electron chi connectivity index (χ0n) is 6.60. The van der Waals surface area contributed by atoms with Crippen LogP contribution < -0.4 is 5.32 Å². The van der Waals surface area contributed by atoms with E-state index in [0.29, 0.717) is 5.88 Å². The molecule has 0 aliphatic heterocycles. The van der Waals surface area contributed by atoms with Gasteiger partial charge in [-0.15, -0.1) is 11.6 Å². The van der Waals surface area contributed by atoms with Crippen LogP contribution in [-0.2, 0) is 5.88 Å². The summed E-state index contributed by atoms with van der Waals surface area (Å²) in [6.45, 7) is 3.04. The third kappa shape index (κ3) is 2.43. The van der Waals surface area contributed by atoms with Gasteiger partial charge in [0.2, 0.25) is 0 Å². The van der Waals surface area contributed by atoms with Gasteiger partial charge in [-0.05, 0) is 24.6 Å². The number of hydrogen-bond acceptors (Lipinski definition) is 1. The first-order valence-corrected chi connectivity index (χ1v) is 4.29. The van der Waals surface area contributed by atoms with Crippen molar-refractivity contribution in [3.63, 3.8) is 0 Å². The molecule has 60 valence electrons. The van der Waals surface area contributed by atoms with E-state index < -0.39 is 0 Å². The summed E-state index contributed by atoms with van der Waals surface area (Å²) in [5.41, 5.74) is 2.31. The Balaban J connectivity index is 2.66. The normalized spacial score (nSPS) is 9.64. The summed E-state index contributed by atoms with van der Waals surface area (Å²) in [4.78, 5) is 0. The molecule has 0 fully saturated rings. The smallest absolute Gasteiger partial charge is 0.0474 e. The molecule has 0 saturated heterocycles. The van der Waals surface area contributed by atoms with Gasteiger partial charge >= 0.3 is 0 Å². The summed E-state index contributed by atoms with van der Waals surface area (Å²) in [5.74, 6) is 0.590. The summed E-state index contributed by atoms with van der Waals surface area (Å²) < 4.78 is 0. The average molecular weight is 170 g/mol. The Hall–Kier alpha value is -0.690. The van der Waals surface area contributed by atoms with Crippen LogP contribution in [0.15, 0.2) is 24.3 Å². The molecule has 0 atom stereocenters. The Bertz CT molecular complexity index is 205. The second-order valence-electron chi connectivity index (χ2n) is 2.36. The topological polar surface area (TPSA) is 12.0 Å². The van der Waals surface area contributed by atoms with Gasteiger partial charge in [-0.3, -0.25) is 0 Å². The molecule has 0 heterocycles. The van der Waals surface area contributed by atoms with Crippen LogP contribution in [0.25, 0.3) is 0 Å². The predicted octanol–water partition coefficient (Wildman–Crippen LogP) is 2.86. The van der Waals surface area contributed by atoms with Gasteiger partial charge in [-0.25, -0.2) is 0 Å². The number of rotatable bonds is 3.